The van der Waals surface area contributed by atoms with Gasteiger partial charge >= 0.3 is 0 Å². The molecule has 7 aromatic rings. The molecule has 1 atom stereocenters. The van der Waals surface area contributed by atoms with E-state index in [4.69, 9.17) is 4.98 Å². The van der Waals surface area contributed by atoms with Gasteiger partial charge in [0.15, 0.2) is 0 Å². The molecule has 0 radical (unpaired) electrons. The van der Waals surface area contributed by atoms with Gasteiger partial charge in [-0.15, -0.1) is 0 Å². The Bertz CT molecular complexity index is 2160. The van der Waals surface area contributed by atoms with Gasteiger partial charge in [0.05, 0.1) is 16.7 Å². The molecule has 0 fully saturated rings. The van der Waals surface area contributed by atoms with Crippen LogP contribution in [0.4, 0.5) is 0 Å². The van der Waals surface area contributed by atoms with Gasteiger partial charge in [-0.05, 0) is 63.7 Å². The normalized spacial score (nSPS) is 14.6. The van der Waals surface area contributed by atoms with E-state index in [1.165, 1.54) is 27.5 Å². The molecule has 42 heavy (non-hydrogen) atoms. The van der Waals surface area contributed by atoms with Crippen LogP contribution in [0.5, 0.6) is 0 Å². The lowest BCUT2D eigenvalue weighted by molar-refractivity contribution is 0.855. The van der Waals surface area contributed by atoms with E-state index in [2.05, 4.69) is 145 Å². The SMILES string of the molecule is C1=CCC(c2ccc3c(-c4ccc(-c5cccc6cccnc56)cc4)cc(-c4ccc5ccccc5c4)nc3c2)C=C1. The van der Waals surface area contributed by atoms with Gasteiger partial charge in [-0.1, -0.05) is 121 Å². The largest absolute Gasteiger partial charge is 0.256 e. The molecule has 2 nitrogen and oxygen atoms in total. The third-order valence-corrected chi connectivity index (χ3v) is 8.43. The molecule has 2 heterocycles. The zero-order valence-electron chi connectivity index (χ0n) is 23.1. The van der Waals surface area contributed by atoms with E-state index < -0.39 is 0 Å². The number of pyridine rings is 2. The van der Waals surface area contributed by atoms with Crippen molar-refractivity contribution >= 4 is 32.6 Å². The van der Waals surface area contributed by atoms with Crippen LogP contribution >= 0.6 is 0 Å². The Kier molecular flexibility index (Phi) is 5.97. The fourth-order valence-electron chi connectivity index (χ4n) is 6.21. The van der Waals surface area contributed by atoms with Crippen molar-refractivity contribution in [2.24, 2.45) is 0 Å². The van der Waals surface area contributed by atoms with E-state index in [-0.39, 0.29) is 0 Å². The van der Waals surface area contributed by atoms with Crippen molar-refractivity contribution in [2.75, 3.05) is 0 Å². The molecule has 0 saturated carbocycles. The molecule has 0 bridgehead atoms. The van der Waals surface area contributed by atoms with Gasteiger partial charge in [0, 0.05) is 34.0 Å². The zero-order valence-corrected chi connectivity index (χ0v) is 23.1. The van der Waals surface area contributed by atoms with Gasteiger partial charge in [-0.2, -0.15) is 0 Å². The van der Waals surface area contributed by atoms with Crippen molar-refractivity contribution in [3.63, 3.8) is 0 Å². The van der Waals surface area contributed by atoms with Crippen LogP contribution in [0, 0.1) is 0 Å². The highest BCUT2D eigenvalue weighted by molar-refractivity contribution is 5.99. The van der Waals surface area contributed by atoms with Crippen molar-refractivity contribution < 1.29 is 0 Å². The van der Waals surface area contributed by atoms with Gasteiger partial charge in [0.25, 0.3) is 0 Å². The van der Waals surface area contributed by atoms with E-state index in [9.17, 15) is 0 Å². The second-order valence-corrected chi connectivity index (χ2v) is 11.0. The minimum atomic E-state index is 0.377. The topological polar surface area (TPSA) is 25.8 Å². The molecule has 0 saturated heterocycles. The first-order valence-electron chi connectivity index (χ1n) is 14.5. The van der Waals surface area contributed by atoms with Crippen molar-refractivity contribution in [1.82, 2.24) is 9.97 Å². The summed E-state index contributed by atoms with van der Waals surface area (Å²) in [7, 11) is 0. The second kappa shape index (κ2) is 10.2. The molecule has 0 amide bonds. The van der Waals surface area contributed by atoms with Crippen molar-refractivity contribution in [1.29, 1.82) is 0 Å². The lowest BCUT2D eigenvalue weighted by atomic mass is 9.90. The molecule has 0 N–H and O–H groups in total. The molecule has 2 heteroatoms. The molecular weight excluding hydrogens is 508 g/mol. The number of hydrogen-bond acceptors (Lipinski definition) is 2. The maximum absolute atomic E-state index is 5.24. The molecule has 8 rings (SSSR count). The predicted octanol–water partition coefficient (Wildman–Crippen LogP) is 10.5. The quantitative estimate of drug-likeness (QED) is 0.224. The third kappa shape index (κ3) is 4.38. The lowest BCUT2D eigenvalue weighted by Gasteiger charge is -2.16. The minimum Gasteiger partial charge on any atom is -0.256 e. The van der Waals surface area contributed by atoms with E-state index in [0.717, 1.165) is 50.6 Å². The number of rotatable bonds is 4. The second-order valence-electron chi connectivity index (χ2n) is 11.0. The van der Waals surface area contributed by atoms with Crippen LogP contribution in [-0.4, -0.2) is 9.97 Å². The van der Waals surface area contributed by atoms with Crippen molar-refractivity contribution in [2.45, 2.75) is 12.3 Å². The Labute approximate surface area is 245 Å². The van der Waals surface area contributed by atoms with Crippen LogP contribution in [0.25, 0.3) is 66.1 Å². The lowest BCUT2D eigenvalue weighted by Crippen LogP contribution is -1.98. The van der Waals surface area contributed by atoms with Gasteiger partial charge in [-0.3, -0.25) is 4.98 Å². The van der Waals surface area contributed by atoms with Crippen LogP contribution in [0.2, 0.25) is 0 Å². The molecule has 1 unspecified atom stereocenters. The van der Waals surface area contributed by atoms with Crippen molar-refractivity contribution in [3.05, 3.63) is 157 Å². The Morgan fingerprint density at radius 1 is 0.571 bits per heavy atom. The molecule has 2 aromatic heterocycles. The summed E-state index contributed by atoms with van der Waals surface area (Å²) in [6.45, 7) is 0. The standard InChI is InChI=1S/C40H28N2/c1-2-8-27(9-3-1)33-21-22-36-37(26-38(42-39(36)25-33)34-20-15-28-10-4-5-11-32(28)24-34)30-18-16-29(17-19-30)35-14-6-12-31-13-7-23-41-40(31)35/h1-8,10-27H,9H2. The first-order valence-corrected chi connectivity index (χ1v) is 14.5. The van der Waals surface area contributed by atoms with Gasteiger partial charge in [0.2, 0.25) is 0 Å². The smallest absolute Gasteiger partial charge is 0.0780 e. The molecule has 5 aromatic carbocycles. The summed E-state index contributed by atoms with van der Waals surface area (Å²) in [5, 5.41) is 4.77. The van der Waals surface area contributed by atoms with Crippen LogP contribution in [0.1, 0.15) is 17.9 Å². The summed E-state index contributed by atoms with van der Waals surface area (Å²) in [5.41, 5.74) is 10.1. The van der Waals surface area contributed by atoms with Crippen LogP contribution in [0.15, 0.2) is 152 Å². The number of nitrogens with zero attached hydrogens (tertiary/aromatic N) is 2. The number of para-hydroxylation sites is 1. The highest BCUT2D eigenvalue weighted by Gasteiger charge is 2.15. The predicted molar refractivity (Wildman–Crippen MR) is 176 cm³/mol. The number of allylic oxidation sites excluding steroid dienone is 4. The highest BCUT2D eigenvalue weighted by Crippen LogP contribution is 2.37. The molecule has 198 valence electrons. The van der Waals surface area contributed by atoms with Crippen LogP contribution in [-0.2, 0) is 0 Å². The van der Waals surface area contributed by atoms with E-state index in [1.807, 2.05) is 12.3 Å². The Balaban J connectivity index is 1.28. The van der Waals surface area contributed by atoms with E-state index >= 15 is 0 Å². The average Bonchev–Trinajstić information content (AvgIpc) is 3.07. The maximum Gasteiger partial charge on any atom is 0.0780 e. The van der Waals surface area contributed by atoms with E-state index in [1.54, 1.807) is 0 Å². The van der Waals surface area contributed by atoms with E-state index in [0.29, 0.717) is 5.92 Å². The average molecular weight is 537 g/mol. The summed E-state index contributed by atoms with van der Waals surface area (Å²) >= 11 is 0. The first kappa shape index (κ1) is 24.5. The molecule has 0 aliphatic heterocycles. The summed E-state index contributed by atoms with van der Waals surface area (Å²) in [6.07, 6.45) is 11.7. The molecule has 0 spiro atoms. The number of aromatic nitrogens is 2. The Morgan fingerprint density at radius 2 is 1.36 bits per heavy atom. The molecular formula is C40H28N2. The number of fused-ring (bicyclic) bond motifs is 3. The summed E-state index contributed by atoms with van der Waals surface area (Å²) in [4.78, 5) is 9.92. The van der Waals surface area contributed by atoms with Gasteiger partial charge in [0.1, 0.15) is 0 Å². The zero-order chi connectivity index (χ0) is 27.9. The van der Waals surface area contributed by atoms with Crippen LogP contribution in [0.3, 0.4) is 0 Å². The first-order chi connectivity index (χ1) is 20.8. The summed E-state index contributed by atoms with van der Waals surface area (Å²) < 4.78 is 0. The Morgan fingerprint density at radius 3 is 2.21 bits per heavy atom. The van der Waals surface area contributed by atoms with Crippen molar-refractivity contribution in [3.8, 4) is 33.5 Å². The van der Waals surface area contributed by atoms with Crippen LogP contribution < -0.4 is 0 Å². The fraction of sp³-hybridized carbons (Fsp3) is 0.0500. The highest BCUT2D eigenvalue weighted by atomic mass is 14.7. The van der Waals surface area contributed by atoms with Gasteiger partial charge < -0.3 is 0 Å². The van der Waals surface area contributed by atoms with Gasteiger partial charge in [-0.25, -0.2) is 4.98 Å². The molecule has 1 aliphatic carbocycles. The minimum absolute atomic E-state index is 0.377. The summed E-state index contributed by atoms with van der Waals surface area (Å²) in [6, 6.07) is 43.6. The number of benzene rings is 5. The molecule has 1 aliphatic rings. The fourth-order valence-corrected chi connectivity index (χ4v) is 6.21. The maximum atomic E-state index is 5.24. The number of hydrogen-bond donors (Lipinski definition) is 0. The third-order valence-electron chi connectivity index (χ3n) is 8.43. The Hall–Kier alpha value is -5.34. The monoisotopic (exact) mass is 536 g/mol. The summed E-state index contributed by atoms with van der Waals surface area (Å²) in [5.74, 6) is 0.377.